The average molecular weight is 463 g/mol. The number of hydrogen-bond acceptors (Lipinski definition) is 7. The number of thiazole rings is 1. The Labute approximate surface area is 183 Å². The maximum Gasteiger partial charge on any atom is 0.442 e. The van der Waals surface area contributed by atoms with E-state index < -0.39 is 17.5 Å². The van der Waals surface area contributed by atoms with Gasteiger partial charge in [0.1, 0.15) is 5.01 Å². The lowest BCUT2D eigenvalue weighted by atomic mass is 10.1. The zero-order valence-corrected chi connectivity index (χ0v) is 17.7. The first-order valence-corrected chi connectivity index (χ1v) is 10.1. The van der Waals surface area contributed by atoms with E-state index in [0.717, 1.165) is 12.1 Å². The van der Waals surface area contributed by atoms with Crippen molar-refractivity contribution in [2.24, 2.45) is 0 Å². The number of methoxy groups -OCH3 is 2. The van der Waals surface area contributed by atoms with Crippen LogP contribution in [-0.2, 0) is 12.7 Å². The van der Waals surface area contributed by atoms with Crippen LogP contribution < -0.4 is 15.2 Å². The van der Waals surface area contributed by atoms with Gasteiger partial charge in [-0.2, -0.15) is 13.2 Å². The second-order valence-corrected chi connectivity index (χ2v) is 7.51. The van der Waals surface area contributed by atoms with Crippen LogP contribution in [0.3, 0.4) is 0 Å². The molecule has 4 rings (SSSR count). The van der Waals surface area contributed by atoms with E-state index in [0.29, 0.717) is 33.3 Å². The molecule has 2 aromatic heterocycles. The highest BCUT2D eigenvalue weighted by Gasteiger charge is 2.30. The summed E-state index contributed by atoms with van der Waals surface area (Å²) < 4.78 is 55.0. The summed E-state index contributed by atoms with van der Waals surface area (Å²) in [7, 11) is 3.01. The molecule has 4 aromatic rings. The highest BCUT2D eigenvalue weighted by molar-refractivity contribution is 7.13. The minimum atomic E-state index is -4.40. The van der Waals surface area contributed by atoms with Gasteiger partial charge in [-0.1, -0.05) is 17.3 Å². The molecule has 0 aliphatic heterocycles. The van der Waals surface area contributed by atoms with Crippen LogP contribution in [0.1, 0.15) is 11.3 Å². The molecule has 0 saturated carbocycles. The fraction of sp³-hybridized carbons (Fsp3) is 0.190. The minimum absolute atomic E-state index is 0.0726. The van der Waals surface area contributed by atoms with Crippen molar-refractivity contribution in [2.45, 2.75) is 12.7 Å². The highest BCUT2D eigenvalue weighted by Crippen LogP contribution is 2.33. The zero-order valence-electron chi connectivity index (χ0n) is 16.8. The number of aromatic nitrogens is 3. The van der Waals surface area contributed by atoms with Crippen LogP contribution in [0, 0.1) is 0 Å². The van der Waals surface area contributed by atoms with Gasteiger partial charge in [-0.05, 0) is 30.3 Å². The molecular formula is C21H16F3N3O4S. The van der Waals surface area contributed by atoms with Gasteiger partial charge in [0.2, 0.25) is 0 Å². The van der Waals surface area contributed by atoms with Gasteiger partial charge in [-0.3, -0.25) is 9.09 Å². The molecule has 2 aromatic carbocycles. The maximum atomic E-state index is 12.8. The number of hydrogen-bond donors (Lipinski definition) is 0. The molecule has 0 unspecified atom stereocenters. The maximum absolute atomic E-state index is 12.8. The predicted octanol–water partition coefficient (Wildman–Crippen LogP) is 4.71. The van der Waals surface area contributed by atoms with Crippen LogP contribution in [0.15, 0.2) is 57.2 Å². The van der Waals surface area contributed by atoms with E-state index in [1.807, 2.05) is 0 Å². The summed E-state index contributed by atoms with van der Waals surface area (Å²) in [6.45, 7) is 0.0726. The molecule has 0 radical (unpaired) electrons. The Bertz CT molecular complexity index is 1290. The van der Waals surface area contributed by atoms with Crippen molar-refractivity contribution < 1.29 is 27.2 Å². The molecule has 11 heteroatoms. The highest BCUT2D eigenvalue weighted by atomic mass is 32.1. The number of nitrogens with zero attached hydrogens (tertiary/aromatic N) is 3. The summed E-state index contributed by atoms with van der Waals surface area (Å²) in [4.78, 5) is 16.7. The molecule has 166 valence electrons. The van der Waals surface area contributed by atoms with Gasteiger partial charge in [0, 0.05) is 16.5 Å². The van der Waals surface area contributed by atoms with Crippen molar-refractivity contribution >= 4 is 11.3 Å². The van der Waals surface area contributed by atoms with Crippen molar-refractivity contribution in [1.29, 1.82) is 0 Å². The first-order chi connectivity index (χ1) is 15.3. The Hall–Kier alpha value is -3.60. The molecule has 0 fully saturated rings. The van der Waals surface area contributed by atoms with Gasteiger partial charge in [0.25, 0.3) is 0 Å². The van der Waals surface area contributed by atoms with Crippen molar-refractivity contribution in [3.63, 3.8) is 0 Å². The first kappa shape index (κ1) is 21.6. The molecule has 0 aliphatic rings. The summed E-state index contributed by atoms with van der Waals surface area (Å²) in [6.07, 6.45) is -4.40. The Balaban J connectivity index is 1.61. The summed E-state index contributed by atoms with van der Waals surface area (Å²) >= 11 is 1.26. The number of halogens is 3. The van der Waals surface area contributed by atoms with Crippen LogP contribution in [0.2, 0.25) is 0 Å². The fourth-order valence-corrected chi connectivity index (χ4v) is 3.88. The summed E-state index contributed by atoms with van der Waals surface area (Å²) in [6, 6.07) is 9.82. The molecule has 0 N–H and O–H groups in total. The van der Waals surface area contributed by atoms with Gasteiger partial charge in [-0.15, -0.1) is 11.3 Å². The second kappa shape index (κ2) is 8.50. The zero-order chi connectivity index (χ0) is 22.9. The van der Waals surface area contributed by atoms with Gasteiger partial charge >= 0.3 is 11.9 Å². The molecule has 0 aliphatic carbocycles. The molecule has 0 bridgehead atoms. The van der Waals surface area contributed by atoms with Gasteiger partial charge in [-0.25, -0.2) is 9.78 Å². The van der Waals surface area contributed by atoms with E-state index >= 15 is 0 Å². The molecular weight excluding hydrogens is 447 g/mol. The monoisotopic (exact) mass is 463 g/mol. The number of benzene rings is 2. The minimum Gasteiger partial charge on any atom is -0.493 e. The Kier molecular flexibility index (Phi) is 5.74. The van der Waals surface area contributed by atoms with Crippen molar-refractivity contribution in [2.75, 3.05) is 14.2 Å². The Morgan fingerprint density at radius 1 is 1.03 bits per heavy atom. The fourth-order valence-electron chi connectivity index (χ4n) is 3.07. The van der Waals surface area contributed by atoms with Crippen LogP contribution in [0.4, 0.5) is 13.2 Å². The molecule has 7 nitrogen and oxygen atoms in total. The molecule has 0 saturated heterocycles. The summed E-state index contributed by atoms with van der Waals surface area (Å²) in [5.74, 6) is 0.596. The first-order valence-electron chi connectivity index (χ1n) is 9.21. The number of alkyl halides is 3. The van der Waals surface area contributed by atoms with Crippen molar-refractivity contribution in [3.8, 4) is 33.5 Å². The van der Waals surface area contributed by atoms with Crippen molar-refractivity contribution in [1.82, 2.24) is 14.7 Å². The number of rotatable bonds is 6. The van der Waals surface area contributed by atoms with E-state index in [2.05, 4.69) is 10.1 Å². The Morgan fingerprint density at radius 2 is 1.72 bits per heavy atom. The number of ether oxygens (including phenoxy) is 2. The predicted molar refractivity (Wildman–Crippen MR) is 111 cm³/mol. The largest absolute Gasteiger partial charge is 0.493 e. The van der Waals surface area contributed by atoms with Gasteiger partial charge in [0.05, 0.1) is 32.0 Å². The topological polar surface area (TPSA) is 79.4 Å². The smallest absolute Gasteiger partial charge is 0.442 e. The normalized spacial score (nSPS) is 11.5. The third kappa shape index (κ3) is 4.24. The van der Waals surface area contributed by atoms with Gasteiger partial charge < -0.3 is 9.47 Å². The van der Waals surface area contributed by atoms with Gasteiger partial charge in [0.15, 0.2) is 17.3 Å². The van der Waals surface area contributed by atoms with Crippen LogP contribution >= 0.6 is 11.3 Å². The molecule has 0 amide bonds. The van der Waals surface area contributed by atoms with Crippen molar-refractivity contribution in [3.05, 3.63) is 69.7 Å². The average Bonchev–Trinajstić information content (AvgIpc) is 3.40. The third-order valence-corrected chi connectivity index (χ3v) is 5.60. The lowest BCUT2D eigenvalue weighted by Gasteiger charge is -2.09. The molecule has 32 heavy (non-hydrogen) atoms. The van der Waals surface area contributed by atoms with Crippen LogP contribution in [0.25, 0.3) is 22.0 Å². The third-order valence-electron chi connectivity index (χ3n) is 4.66. The van der Waals surface area contributed by atoms with E-state index in [9.17, 15) is 18.0 Å². The van der Waals surface area contributed by atoms with E-state index in [1.165, 1.54) is 42.3 Å². The SMILES string of the molecule is COc1ccc(-c2noc(=O)n2Cc2csc(-c3ccc(C(F)(F)F)cc3)n2)cc1OC. The van der Waals surface area contributed by atoms with E-state index in [4.69, 9.17) is 14.0 Å². The van der Waals surface area contributed by atoms with E-state index in [-0.39, 0.29) is 12.4 Å². The standard InChI is InChI=1S/C21H16F3N3O4S/c1-29-16-8-5-13(9-17(16)30-2)18-26-31-20(28)27(18)10-15-11-32-19(25-15)12-3-6-14(7-4-12)21(22,23)24/h3-9,11H,10H2,1-2H3. The molecule has 0 atom stereocenters. The molecule has 2 heterocycles. The Morgan fingerprint density at radius 3 is 2.38 bits per heavy atom. The van der Waals surface area contributed by atoms with Crippen LogP contribution in [-0.4, -0.2) is 28.9 Å². The quantitative estimate of drug-likeness (QED) is 0.412. The summed E-state index contributed by atoms with van der Waals surface area (Å²) in [5, 5.41) is 6.12. The van der Waals surface area contributed by atoms with Crippen LogP contribution in [0.5, 0.6) is 11.5 Å². The lowest BCUT2D eigenvalue weighted by Crippen LogP contribution is -2.16. The summed E-state index contributed by atoms with van der Waals surface area (Å²) in [5.41, 5.74) is 0.935. The molecule has 0 spiro atoms. The second-order valence-electron chi connectivity index (χ2n) is 6.65. The lowest BCUT2D eigenvalue weighted by molar-refractivity contribution is -0.137. The van der Waals surface area contributed by atoms with E-state index in [1.54, 1.807) is 23.6 Å².